The molecule has 90 valence electrons. The van der Waals surface area contributed by atoms with Crippen molar-refractivity contribution in [1.29, 1.82) is 0 Å². The lowest BCUT2D eigenvalue weighted by Gasteiger charge is -2.25. The molecule has 1 aromatic rings. The van der Waals surface area contributed by atoms with E-state index in [1.165, 1.54) is 5.69 Å². The Balaban J connectivity index is 2.78. The second kappa shape index (κ2) is 5.85. The minimum Gasteiger partial charge on any atom is -0.370 e. The van der Waals surface area contributed by atoms with Crippen LogP contribution in [0.5, 0.6) is 0 Å². The number of hydrogen-bond donors (Lipinski definition) is 1. The second-order valence-electron chi connectivity index (χ2n) is 4.66. The maximum Gasteiger partial charge on any atom is 0.0569 e. The average molecular weight is 221 g/mol. The van der Waals surface area contributed by atoms with Crippen LogP contribution in [0.2, 0.25) is 0 Å². The van der Waals surface area contributed by atoms with E-state index in [-0.39, 0.29) is 6.04 Å². The van der Waals surface area contributed by atoms with Crippen molar-refractivity contribution < 1.29 is 0 Å². The molecule has 0 aromatic carbocycles. The van der Waals surface area contributed by atoms with Gasteiger partial charge in [0.25, 0.3) is 0 Å². The van der Waals surface area contributed by atoms with Gasteiger partial charge in [0.05, 0.1) is 17.6 Å². The highest BCUT2D eigenvalue weighted by Gasteiger charge is 2.07. The van der Waals surface area contributed by atoms with E-state index < -0.39 is 0 Å². The monoisotopic (exact) mass is 221 g/mol. The predicted octanol–water partition coefficient (Wildman–Crippen LogP) is 2.58. The summed E-state index contributed by atoms with van der Waals surface area (Å²) in [5, 5.41) is 0. The number of aromatic nitrogens is 1. The zero-order chi connectivity index (χ0) is 12.1. The number of nitrogens with zero attached hydrogens (tertiary/aromatic N) is 2. The average Bonchev–Trinajstić information content (AvgIpc) is 2.25. The molecule has 3 nitrogen and oxygen atoms in total. The topological polar surface area (TPSA) is 42.1 Å². The predicted molar refractivity (Wildman–Crippen MR) is 69.6 cm³/mol. The molecule has 0 saturated carbocycles. The zero-order valence-electron chi connectivity index (χ0n) is 10.8. The highest BCUT2D eigenvalue weighted by molar-refractivity contribution is 5.44. The van der Waals surface area contributed by atoms with Crippen LogP contribution in [0.3, 0.4) is 0 Å². The van der Waals surface area contributed by atoms with Crippen molar-refractivity contribution in [1.82, 2.24) is 4.98 Å². The first-order valence-corrected chi connectivity index (χ1v) is 6.01. The zero-order valence-corrected chi connectivity index (χ0v) is 10.8. The largest absolute Gasteiger partial charge is 0.370 e. The molecular weight excluding hydrogens is 198 g/mol. The Morgan fingerprint density at radius 1 is 1.31 bits per heavy atom. The fourth-order valence-corrected chi connectivity index (χ4v) is 1.71. The molecular formula is C13H23N3. The van der Waals surface area contributed by atoms with Crippen LogP contribution < -0.4 is 10.6 Å². The van der Waals surface area contributed by atoms with Crippen LogP contribution in [-0.4, -0.2) is 18.1 Å². The van der Waals surface area contributed by atoms with Crippen LogP contribution in [0.25, 0.3) is 0 Å². The van der Waals surface area contributed by atoms with Crippen molar-refractivity contribution >= 4 is 5.69 Å². The third-order valence-electron chi connectivity index (χ3n) is 2.57. The first kappa shape index (κ1) is 13.0. The van der Waals surface area contributed by atoms with Gasteiger partial charge in [0.2, 0.25) is 0 Å². The van der Waals surface area contributed by atoms with Crippen LogP contribution in [0.4, 0.5) is 5.69 Å². The van der Waals surface area contributed by atoms with Gasteiger partial charge in [-0.3, -0.25) is 4.98 Å². The maximum atomic E-state index is 5.78. The summed E-state index contributed by atoms with van der Waals surface area (Å²) < 4.78 is 0. The quantitative estimate of drug-likeness (QED) is 0.831. The number of anilines is 1. The van der Waals surface area contributed by atoms with Gasteiger partial charge in [0.1, 0.15) is 0 Å². The van der Waals surface area contributed by atoms with Gasteiger partial charge in [-0.15, -0.1) is 0 Å². The van der Waals surface area contributed by atoms with Crippen molar-refractivity contribution in [2.24, 2.45) is 11.7 Å². The highest BCUT2D eigenvalue weighted by atomic mass is 15.1. The van der Waals surface area contributed by atoms with Crippen LogP contribution in [0.1, 0.15) is 39.4 Å². The van der Waals surface area contributed by atoms with E-state index in [2.05, 4.69) is 36.7 Å². The molecule has 0 radical (unpaired) electrons. The molecule has 1 atom stereocenters. The molecule has 1 rings (SSSR count). The van der Waals surface area contributed by atoms with Crippen molar-refractivity contribution in [3.63, 3.8) is 0 Å². The second-order valence-corrected chi connectivity index (χ2v) is 4.66. The van der Waals surface area contributed by atoms with Gasteiger partial charge in [0, 0.05) is 19.1 Å². The van der Waals surface area contributed by atoms with E-state index in [4.69, 9.17) is 5.73 Å². The maximum absolute atomic E-state index is 5.78. The molecule has 0 spiro atoms. The minimum atomic E-state index is 0.00854. The molecule has 0 aliphatic rings. The van der Waals surface area contributed by atoms with Crippen molar-refractivity contribution in [2.45, 2.75) is 33.7 Å². The summed E-state index contributed by atoms with van der Waals surface area (Å²) >= 11 is 0. The van der Waals surface area contributed by atoms with E-state index in [9.17, 15) is 0 Å². The normalized spacial score (nSPS) is 12.9. The Hall–Kier alpha value is -1.09. The summed E-state index contributed by atoms with van der Waals surface area (Å²) in [4.78, 5) is 6.72. The van der Waals surface area contributed by atoms with Gasteiger partial charge in [-0.2, -0.15) is 0 Å². The fraction of sp³-hybridized carbons (Fsp3) is 0.615. The van der Waals surface area contributed by atoms with E-state index in [1.807, 2.05) is 19.2 Å². The number of pyridine rings is 1. The van der Waals surface area contributed by atoms with E-state index in [1.54, 1.807) is 0 Å². The van der Waals surface area contributed by atoms with E-state index >= 15 is 0 Å². The Morgan fingerprint density at radius 3 is 2.38 bits per heavy atom. The van der Waals surface area contributed by atoms with Gasteiger partial charge < -0.3 is 10.6 Å². The van der Waals surface area contributed by atoms with E-state index in [0.717, 1.165) is 18.8 Å². The Bertz CT molecular complexity index is 303. The van der Waals surface area contributed by atoms with Gasteiger partial charge in [-0.25, -0.2) is 0 Å². The summed E-state index contributed by atoms with van der Waals surface area (Å²) in [6.07, 6.45) is 1.92. The first-order valence-electron chi connectivity index (χ1n) is 6.01. The Labute approximate surface area is 98.7 Å². The number of rotatable bonds is 5. The minimum absolute atomic E-state index is 0.00854. The highest BCUT2D eigenvalue weighted by Crippen LogP contribution is 2.16. The molecule has 1 heterocycles. The SMILES string of the molecule is CCN(CC(C)C)c1ccc([C@@H](C)N)nc1. The van der Waals surface area contributed by atoms with Crippen LogP contribution in [-0.2, 0) is 0 Å². The smallest absolute Gasteiger partial charge is 0.0569 e. The fourth-order valence-electron chi connectivity index (χ4n) is 1.71. The lowest BCUT2D eigenvalue weighted by Crippen LogP contribution is -2.27. The summed E-state index contributed by atoms with van der Waals surface area (Å²) in [7, 11) is 0. The molecule has 3 heteroatoms. The van der Waals surface area contributed by atoms with Crippen molar-refractivity contribution in [3.05, 3.63) is 24.0 Å². The van der Waals surface area contributed by atoms with Gasteiger partial charge >= 0.3 is 0 Å². The lowest BCUT2D eigenvalue weighted by atomic mass is 10.2. The van der Waals surface area contributed by atoms with Crippen molar-refractivity contribution in [2.75, 3.05) is 18.0 Å². The summed E-state index contributed by atoms with van der Waals surface area (Å²) in [6, 6.07) is 4.13. The molecule has 16 heavy (non-hydrogen) atoms. The third kappa shape index (κ3) is 3.49. The molecule has 0 aliphatic heterocycles. The van der Waals surface area contributed by atoms with Crippen molar-refractivity contribution in [3.8, 4) is 0 Å². The van der Waals surface area contributed by atoms with Crippen LogP contribution in [0.15, 0.2) is 18.3 Å². The van der Waals surface area contributed by atoms with Crippen LogP contribution in [0, 0.1) is 5.92 Å². The Morgan fingerprint density at radius 2 is 2.00 bits per heavy atom. The number of hydrogen-bond acceptors (Lipinski definition) is 3. The Kier molecular flexibility index (Phi) is 4.74. The molecule has 0 bridgehead atoms. The molecule has 2 N–H and O–H groups in total. The standard InChI is InChI=1S/C13H23N3/c1-5-16(9-10(2)3)12-6-7-13(11(4)14)15-8-12/h6-8,10-11H,5,9,14H2,1-4H3/t11-/m1/s1. The molecule has 1 aromatic heterocycles. The molecule has 0 saturated heterocycles. The molecule has 0 amide bonds. The summed E-state index contributed by atoms with van der Waals surface area (Å²) in [6.45, 7) is 10.7. The third-order valence-corrected chi connectivity index (χ3v) is 2.57. The van der Waals surface area contributed by atoms with E-state index in [0.29, 0.717) is 5.92 Å². The molecule has 0 aliphatic carbocycles. The van der Waals surface area contributed by atoms with Gasteiger partial charge in [-0.1, -0.05) is 13.8 Å². The first-order chi connectivity index (χ1) is 7.54. The summed E-state index contributed by atoms with van der Waals surface area (Å²) in [5.41, 5.74) is 7.91. The summed E-state index contributed by atoms with van der Waals surface area (Å²) in [5.74, 6) is 0.660. The molecule has 0 unspecified atom stereocenters. The van der Waals surface area contributed by atoms with Gasteiger partial charge in [-0.05, 0) is 31.9 Å². The van der Waals surface area contributed by atoms with Crippen LogP contribution >= 0.6 is 0 Å². The van der Waals surface area contributed by atoms with Gasteiger partial charge in [0.15, 0.2) is 0 Å². The number of nitrogens with two attached hydrogens (primary N) is 1. The molecule has 0 fully saturated rings. The lowest BCUT2D eigenvalue weighted by molar-refractivity contribution is 0.618.